The number of nitrogens with two attached hydrogens (primary N) is 1. The van der Waals surface area contributed by atoms with Crippen LogP contribution in [0, 0.1) is 6.92 Å². The Balaban J connectivity index is 0.793. The van der Waals surface area contributed by atoms with Gasteiger partial charge in [-0.25, -0.2) is 4.39 Å². The maximum Gasteiger partial charge on any atom is 0.253 e. The predicted molar refractivity (Wildman–Crippen MR) is 238 cm³/mol. The lowest BCUT2D eigenvalue weighted by atomic mass is 9.85. The second kappa shape index (κ2) is 16.9. The van der Waals surface area contributed by atoms with Gasteiger partial charge in [-0.1, -0.05) is 31.2 Å². The van der Waals surface area contributed by atoms with Crippen LogP contribution in [0.25, 0.3) is 22.2 Å². The van der Waals surface area contributed by atoms with Gasteiger partial charge < -0.3 is 35.0 Å². The van der Waals surface area contributed by atoms with E-state index in [2.05, 4.69) is 74.2 Å². The number of rotatable bonds is 9. The van der Waals surface area contributed by atoms with E-state index in [9.17, 15) is 9.90 Å². The molecule has 60 heavy (non-hydrogen) atoms. The number of aryl methyl sites for hydroxylation is 2. The molecular weight excluding hydrogens is 754 g/mol. The van der Waals surface area contributed by atoms with Crippen LogP contribution in [0.2, 0.25) is 0 Å². The Kier molecular flexibility index (Phi) is 10.6. The number of amides is 1. The second-order valence-corrected chi connectivity index (χ2v) is 17.2. The first-order chi connectivity index (χ1) is 30.0. The highest BCUT2D eigenvalue weighted by molar-refractivity contribution is 5.94. The number of phenols is 1. The third-order valence-corrected chi connectivity index (χ3v) is 13.3. The van der Waals surface area contributed by atoms with Crippen molar-refractivity contribution in [3.63, 3.8) is 0 Å². The number of likely N-dealkylation sites (tertiary alicyclic amines) is 2. The molecular formula is C48H58FN9O2. The van der Waals surface area contributed by atoms with E-state index in [4.69, 9.17) is 8.48 Å². The molecule has 3 atom stereocenters. The molecule has 4 N–H and O–H groups in total. The molecule has 0 spiro atoms. The van der Waals surface area contributed by atoms with Crippen LogP contribution in [-0.2, 0) is 6.42 Å². The Morgan fingerprint density at radius 1 is 1.02 bits per heavy atom. The van der Waals surface area contributed by atoms with Crippen LogP contribution in [0.4, 0.5) is 21.6 Å². The zero-order valence-electron chi connectivity index (χ0n) is 36.7. The third kappa shape index (κ3) is 8.07. The number of carbonyl (C=O) groups is 1. The van der Waals surface area contributed by atoms with E-state index < -0.39 is 18.8 Å². The Hall–Kier alpha value is -5.46. The van der Waals surface area contributed by atoms with Gasteiger partial charge in [0.1, 0.15) is 11.4 Å². The minimum absolute atomic E-state index is 0.0295. The number of para-hydroxylation sites is 1. The lowest BCUT2D eigenvalue weighted by Gasteiger charge is -2.41. The summed E-state index contributed by atoms with van der Waals surface area (Å²) in [5, 5.41) is 23.1. The number of alkyl halides is 1. The topological polar surface area (TPSA) is 119 Å². The molecule has 1 amide bonds. The number of hydrogen-bond acceptors (Lipinski definition) is 9. The van der Waals surface area contributed by atoms with Crippen molar-refractivity contribution in [1.29, 1.82) is 0 Å². The number of halogens is 1. The van der Waals surface area contributed by atoms with E-state index >= 15 is 4.39 Å². The van der Waals surface area contributed by atoms with Crippen LogP contribution < -0.4 is 20.9 Å². The fraction of sp³-hybridized carbons (Fsp3) is 0.438. The summed E-state index contributed by atoms with van der Waals surface area (Å²) in [7, 11) is 0. The SMILES string of the molecule is [2H]C1C=CN(c2ccc3c(c2)c(C)cn3C2CCN(CC3(F)CCN(C(=O)c4ccc(C5CCCN(c6cc(-c7ccccc7O)nnc6N)C5)c(CC)c4)CC3)CC2)[C@@H]([2H])N1. The van der Waals surface area contributed by atoms with Gasteiger partial charge in [0.2, 0.25) is 0 Å². The molecule has 3 fully saturated rings. The van der Waals surface area contributed by atoms with E-state index in [0.29, 0.717) is 61.2 Å². The molecule has 314 valence electrons. The summed E-state index contributed by atoms with van der Waals surface area (Å²) in [5.41, 5.74) is 13.4. The van der Waals surface area contributed by atoms with Gasteiger partial charge in [-0.2, -0.15) is 0 Å². The fourth-order valence-corrected chi connectivity index (χ4v) is 9.96. The average Bonchev–Trinajstić information content (AvgIpc) is 3.61. The van der Waals surface area contributed by atoms with E-state index in [1.165, 1.54) is 16.6 Å². The number of nitrogens with one attached hydrogen (secondary N) is 1. The number of piperidine rings is 3. The van der Waals surface area contributed by atoms with Gasteiger partial charge in [-0.3, -0.25) is 10.1 Å². The maximum absolute atomic E-state index is 16.5. The van der Waals surface area contributed by atoms with Crippen molar-refractivity contribution in [3.05, 3.63) is 107 Å². The van der Waals surface area contributed by atoms with Gasteiger partial charge in [0.25, 0.3) is 5.91 Å². The molecule has 2 aromatic heterocycles. The monoisotopic (exact) mass is 813 g/mol. The third-order valence-electron chi connectivity index (χ3n) is 13.3. The largest absolute Gasteiger partial charge is 0.507 e. The molecule has 4 aliphatic rings. The molecule has 0 saturated carbocycles. The first-order valence-corrected chi connectivity index (χ1v) is 21.6. The van der Waals surface area contributed by atoms with E-state index in [0.717, 1.165) is 80.6 Å². The molecule has 0 bridgehead atoms. The molecule has 6 heterocycles. The molecule has 3 saturated heterocycles. The van der Waals surface area contributed by atoms with Crippen molar-refractivity contribution in [2.45, 2.75) is 76.4 Å². The van der Waals surface area contributed by atoms with E-state index in [-0.39, 0.29) is 17.6 Å². The Bertz CT molecular complexity index is 2460. The van der Waals surface area contributed by atoms with Crippen LogP contribution in [0.1, 0.15) is 87.2 Å². The lowest BCUT2D eigenvalue weighted by Crippen LogP contribution is -2.51. The highest BCUT2D eigenvalue weighted by Crippen LogP contribution is 2.38. The van der Waals surface area contributed by atoms with Gasteiger partial charge in [-0.05, 0) is 104 Å². The second-order valence-electron chi connectivity index (χ2n) is 17.2. The van der Waals surface area contributed by atoms with Crippen LogP contribution in [0.5, 0.6) is 5.75 Å². The van der Waals surface area contributed by atoms with E-state index in [1.54, 1.807) is 18.2 Å². The molecule has 11 nitrogen and oxygen atoms in total. The van der Waals surface area contributed by atoms with Crippen LogP contribution in [0.15, 0.2) is 85.2 Å². The number of nitrogen functional groups attached to an aromatic ring is 1. The number of carbonyl (C=O) groups excluding carboxylic acids is 1. The van der Waals surface area contributed by atoms with Gasteiger partial charge >= 0.3 is 0 Å². The summed E-state index contributed by atoms with van der Waals surface area (Å²) in [6.07, 6.45) is 11.1. The van der Waals surface area contributed by atoms with E-state index in [1.807, 2.05) is 46.3 Å². The first-order valence-electron chi connectivity index (χ1n) is 22.8. The number of phenolic OH excluding ortho intramolecular Hbond substituents is 1. The van der Waals surface area contributed by atoms with Crippen LogP contribution in [-0.4, -0.2) is 100 Å². The summed E-state index contributed by atoms with van der Waals surface area (Å²) in [4.78, 5) is 22.1. The first kappa shape index (κ1) is 37.5. The molecule has 5 aromatic rings. The molecule has 2 unspecified atom stereocenters. The maximum atomic E-state index is 16.5. The van der Waals surface area contributed by atoms with Crippen molar-refractivity contribution in [2.75, 3.05) is 74.5 Å². The standard InChI is InChI=1S/C48H58FN9O2/c1-3-34-26-35(11-13-39(34)36-8-6-20-56(30-36)44-28-42(52-53-46(44)50)40-9-4-5-10-45(40)59)47(60)55-24-17-48(49,18-25-55)31-54-22-15-37(16-23-54)58-29-33(2)41-27-38(12-14-43(41)58)57-21-7-19-51-32-57/h4-5,7,9-14,21,26-29,36-37,51,59H,3,6,8,15-20,22-25,30-32H2,1-2H3,(H2,50,53)/i19D,32D/t19?,32-,36?/m0/s1. The minimum Gasteiger partial charge on any atom is -0.507 e. The molecule has 3 aromatic carbocycles. The molecule has 9 rings (SSSR count). The molecule has 0 radical (unpaired) electrons. The summed E-state index contributed by atoms with van der Waals surface area (Å²) in [6, 6.07) is 21.8. The fourth-order valence-electron chi connectivity index (χ4n) is 9.96. The van der Waals surface area contributed by atoms with Crippen molar-refractivity contribution >= 4 is 34.0 Å². The summed E-state index contributed by atoms with van der Waals surface area (Å²) >= 11 is 0. The Morgan fingerprint density at radius 2 is 1.83 bits per heavy atom. The Morgan fingerprint density at radius 3 is 2.62 bits per heavy atom. The summed E-state index contributed by atoms with van der Waals surface area (Å²) in [5.74, 6) is 0.715. The van der Waals surface area contributed by atoms with Crippen molar-refractivity contribution in [3.8, 4) is 17.0 Å². The number of aromatic nitrogens is 3. The van der Waals surface area contributed by atoms with Crippen LogP contribution >= 0.6 is 0 Å². The smallest absolute Gasteiger partial charge is 0.253 e. The minimum atomic E-state index is -1.33. The average molecular weight is 814 g/mol. The van der Waals surface area contributed by atoms with Crippen molar-refractivity contribution in [2.24, 2.45) is 0 Å². The zero-order chi connectivity index (χ0) is 43.1. The van der Waals surface area contributed by atoms with Gasteiger partial charge in [0, 0.05) is 119 Å². The number of aromatic hydroxyl groups is 1. The highest BCUT2D eigenvalue weighted by atomic mass is 19.1. The number of anilines is 3. The van der Waals surface area contributed by atoms with Gasteiger partial charge in [0.15, 0.2) is 5.82 Å². The molecule has 0 aliphatic carbocycles. The van der Waals surface area contributed by atoms with Crippen LogP contribution in [0.3, 0.4) is 0 Å². The van der Waals surface area contributed by atoms with Gasteiger partial charge in [0.05, 0.1) is 19.4 Å². The predicted octanol–water partition coefficient (Wildman–Crippen LogP) is 7.80. The zero-order valence-corrected chi connectivity index (χ0v) is 34.7. The number of fused-ring (bicyclic) bond motifs is 1. The normalized spacial score (nSPS) is 23.2. The van der Waals surface area contributed by atoms with Crippen molar-refractivity contribution in [1.82, 2.24) is 29.9 Å². The lowest BCUT2D eigenvalue weighted by molar-refractivity contribution is 0.0158. The quantitative estimate of drug-likeness (QED) is 0.137. The Labute approximate surface area is 355 Å². The summed E-state index contributed by atoms with van der Waals surface area (Å²) in [6.45, 7) is 7.41. The number of nitrogens with zero attached hydrogens (tertiary/aromatic N) is 7. The number of benzene rings is 3. The highest BCUT2D eigenvalue weighted by Gasteiger charge is 2.39. The summed E-state index contributed by atoms with van der Waals surface area (Å²) < 4.78 is 35.2. The number of hydrogen-bond donors (Lipinski definition) is 3. The van der Waals surface area contributed by atoms with Crippen molar-refractivity contribution < 1.29 is 17.0 Å². The molecule has 4 aliphatic heterocycles. The van der Waals surface area contributed by atoms with Gasteiger partial charge in [-0.15, -0.1) is 10.2 Å². The molecule has 12 heteroatoms.